The van der Waals surface area contributed by atoms with Crippen LogP contribution in [-0.2, 0) is 4.79 Å². The summed E-state index contributed by atoms with van der Waals surface area (Å²) in [5.41, 5.74) is 1.42. The lowest BCUT2D eigenvalue weighted by atomic mass is 10.1. The molecule has 1 atom stereocenters. The number of hydrazone groups is 1. The molecule has 0 aromatic heterocycles. The third kappa shape index (κ3) is 2.89. The number of amidine groups is 1. The van der Waals surface area contributed by atoms with Crippen LogP contribution in [0.1, 0.15) is 11.7 Å². The van der Waals surface area contributed by atoms with Gasteiger partial charge in [-0.1, -0.05) is 39.8 Å². The lowest BCUT2D eigenvalue weighted by Gasteiger charge is -2.34. The number of halogens is 1. The van der Waals surface area contributed by atoms with Crippen LogP contribution < -0.4 is 20.6 Å². The largest absolute Gasteiger partial charge is 0.497 e. The molecule has 8 heteroatoms. The van der Waals surface area contributed by atoms with E-state index in [9.17, 15) is 4.79 Å². The number of amides is 1. The fraction of sp³-hybridized carbons (Fsp3) is 0.167. The van der Waals surface area contributed by atoms with Gasteiger partial charge in [0.15, 0.2) is 11.3 Å². The maximum Gasteiger partial charge on any atom is 0.276 e. The normalized spacial score (nSPS) is 18.3. The minimum atomic E-state index is -0.419. The summed E-state index contributed by atoms with van der Waals surface area (Å²) >= 11 is 4.85. The summed E-state index contributed by atoms with van der Waals surface area (Å²) < 4.78 is 6.12. The Hall–Kier alpha value is -2.32. The Morgan fingerprint density at radius 2 is 2.00 bits per heavy atom. The number of hydrogen-bond donors (Lipinski definition) is 1. The molecule has 2 aliphatic heterocycles. The molecule has 2 aromatic carbocycles. The summed E-state index contributed by atoms with van der Waals surface area (Å²) in [5, 5.41) is 11.2. The number of benzene rings is 2. The number of nitrogens with zero attached hydrogens (tertiary/aromatic N) is 3. The molecule has 0 saturated carbocycles. The van der Waals surface area contributed by atoms with Crippen LogP contribution in [-0.4, -0.2) is 29.4 Å². The van der Waals surface area contributed by atoms with Crippen molar-refractivity contribution in [2.45, 2.75) is 6.17 Å². The molecule has 6 nitrogen and oxygen atoms in total. The van der Waals surface area contributed by atoms with Gasteiger partial charge in [-0.25, -0.2) is 5.01 Å². The Bertz CT molecular complexity index is 1040. The molecule has 0 fully saturated rings. The van der Waals surface area contributed by atoms with Crippen molar-refractivity contribution in [1.29, 1.82) is 0 Å². The van der Waals surface area contributed by atoms with Gasteiger partial charge in [0.05, 0.1) is 12.5 Å². The molecule has 2 aliphatic rings. The summed E-state index contributed by atoms with van der Waals surface area (Å²) in [5.74, 6) is 0.583. The molecule has 1 amide bonds. The highest BCUT2D eigenvalue weighted by atomic mass is 79.9. The summed E-state index contributed by atoms with van der Waals surface area (Å²) in [7, 11) is 1.63. The molecule has 0 spiro atoms. The van der Waals surface area contributed by atoms with Gasteiger partial charge in [0.2, 0.25) is 0 Å². The van der Waals surface area contributed by atoms with Crippen molar-refractivity contribution in [2.24, 2.45) is 10.1 Å². The third-order valence-corrected chi connectivity index (χ3v) is 5.24. The maximum atomic E-state index is 12.8. The van der Waals surface area contributed by atoms with Crippen LogP contribution in [0.2, 0.25) is 0 Å². The molecule has 0 bridgehead atoms. The quantitative estimate of drug-likeness (QED) is 0.790. The van der Waals surface area contributed by atoms with E-state index in [1.165, 1.54) is 11.8 Å². The monoisotopic (exact) mass is 430 g/mol. The van der Waals surface area contributed by atoms with Gasteiger partial charge in [0, 0.05) is 9.69 Å². The third-order valence-electron chi connectivity index (χ3n) is 4.18. The van der Waals surface area contributed by atoms with Gasteiger partial charge in [0.1, 0.15) is 11.4 Å². The molecule has 4 rings (SSSR count). The topological polar surface area (TPSA) is 66.3 Å². The van der Waals surface area contributed by atoms with Crippen molar-refractivity contribution in [2.75, 3.05) is 13.4 Å². The number of carbonyl (C=O) groups is 1. The van der Waals surface area contributed by atoms with Crippen LogP contribution in [0.4, 0.5) is 0 Å². The molecule has 2 heterocycles. The first kappa shape index (κ1) is 17.1. The van der Waals surface area contributed by atoms with Crippen molar-refractivity contribution >= 4 is 44.5 Å². The van der Waals surface area contributed by atoms with Crippen molar-refractivity contribution in [3.8, 4) is 5.75 Å². The zero-order valence-corrected chi connectivity index (χ0v) is 16.5. The zero-order valence-electron chi connectivity index (χ0n) is 14.1. The number of methoxy groups -OCH3 is 1. The number of fused-ring (bicyclic) bond motifs is 2. The average Bonchev–Trinajstić information content (AvgIpc) is 2.67. The van der Waals surface area contributed by atoms with Crippen LogP contribution in [0.15, 0.2) is 57.0 Å². The van der Waals surface area contributed by atoms with Crippen LogP contribution in [0.25, 0.3) is 5.70 Å². The molecule has 2 aromatic rings. The first-order valence-corrected chi connectivity index (χ1v) is 9.87. The van der Waals surface area contributed by atoms with Crippen LogP contribution in [0.5, 0.6) is 5.75 Å². The fourth-order valence-corrected chi connectivity index (χ4v) is 3.66. The van der Waals surface area contributed by atoms with Crippen molar-refractivity contribution in [3.63, 3.8) is 0 Å². The second kappa shape index (κ2) is 6.77. The number of ether oxygens (including phenoxy) is 1. The Kier molecular flexibility index (Phi) is 4.46. The van der Waals surface area contributed by atoms with Gasteiger partial charge >= 0.3 is 0 Å². The standard InChI is InChI=1S/C18H15BrN4O2S/c1-25-12-6-3-10(4-7-12)16-20-14-8-5-11(19)9-13(14)15-17(24)21-18(26-2)22-23(15)16/h3-9,16H,1-2H3,(H,21,22,24). The first-order chi connectivity index (χ1) is 12.6. The van der Waals surface area contributed by atoms with E-state index in [0.29, 0.717) is 10.9 Å². The maximum absolute atomic E-state index is 12.8. The van der Waals surface area contributed by atoms with Crippen molar-refractivity contribution in [3.05, 3.63) is 63.1 Å². The van der Waals surface area contributed by atoms with E-state index in [1.807, 2.05) is 48.7 Å². The summed E-state index contributed by atoms with van der Waals surface area (Å²) in [4.78, 5) is 17.6. The van der Waals surface area contributed by atoms with E-state index in [0.717, 1.165) is 26.4 Å². The van der Waals surface area contributed by atoms with Crippen molar-refractivity contribution in [1.82, 2.24) is 10.3 Å². The molecular weight excluding hydrogens is 416 g/mol. The SMILES string of the molecule is COc1ccc(C2N=c3ccc(Br)cc3=C3C(=O)NC(SC)=NN32)cc1. The lowest BCUT2D eigenvalue weighted by Crippen LogP contribution is -2.50. The predicted molar refractivity (Wildman–Crippen MR) is 105 cm³/mol. The van der Waals surface area contributed by atoms with Crippen LogP contribution in [0.3, 0.4) is 0 Å². The highest BCUT2D eigenvalue weighted by molar-refractivity contribution is 9.10. The zero-order chi connectivity index (χ0) is 18.3. The first-order valence-electron chi connectivity index (χ1n) is 7.85. The number of thioether (sulfide) groups is 1. The summed E-state index contributed by atoms with van der Waals surface area (Å²) in [6, 6.07) is 13.4. The van der Waals surface area contributed by atoms with E-state index in [1.54, 1.807) is 12.1 Å². The summed E-state index contributed by atoms with van der Waals surface area (Å²) in [6.45, 7) is 0. The van der Waals surface area contributed by atoms with Gasteiger partial charge in [-0.15, -0.1) is 5.10 Å². The molecule has 0 aliphatic carbocycles. The van der Waals surface area contributed by atoms with E-state index < -0.39 is 6.17 Å². The number of rotatable bonds is 2. The second-order valence-corrected chi connectivity index (χ2v) is 7.40. The molecule has 26 heavy (non-hydrogen) atoms. The van der Waals surface area contributed by atoms with E-state index in [-0.39, 0.29) is 5.91 Å². The minimum absolute atomic E-state index is 0.183. The fourth-order valence-electron chi connectivity index (χ4n) is 2.94. The average molecular weight is 431 g/mol. The van der Waals surface area contributed by atoms with E-state index in [2.05, 4.69) is 26.3 Å². The highest BCUT2D eigenvalue weighted by Gasteiger charge is 2.34. The predicted octanol–water partition coefficient (Wildman–Crippen LogP) is 1.96. The molecule has 0 saturated heterocycles. The molecule has 132 valence electrons. The summed E-state index contributed by atoms with van der Waals surface area (Å²) in [6.07, 6.45) is 1.45. The molecule has 1 unspecified atom stereocenters. The minimum Gasteiger partial charge on any atom is -0.497 e. The Morgan fingerprint density at radius 1 is 1.23 bits per heavy atom. The Labute approximate surface area is 162 Å². The number of carbonyl (C=O) groups excluding carboxylic acids is 1. The van der Waals surface area contributed by atoms with Crippen LogP contribution in [0, 0.1) is 0 Å². The molecule has 1 N–H and O–H groups in total. The highest BCUT2D eigenvalue weighted by Crippen LogP contribution is 2.31. The van der Waals surface area contributed by atoms with Gasteiger partial charge in [0.25, 0.3) is 5.91 Å². The smallest absolute Gasteiger partial charge is 0.276 e. The van der Waals surface area contributed by atoms with Crippen LogP contribution >= 0.6 is 27.7 Å². The number of hydrogen-bond acceptors (Lipinski definition) is 6. The van der Waals surface area contributed by atoms with Gasteiger partial charge in [-0.2, -0.15) is 0 Å². The van der Waals surface area contributed by atoms with E-state index >= 15 is 0 Å². The van der Waals surface area contributed by atoms with Gasteiger partial charge < -0.3 is 4.74 Å². The second-order valence-electron chi connectivity index (χ2n) is 5.69. The number of nitrogens with one attached hydrogen (secondary N) is 1. The molecular formula is C18H15BrN4O2S. The molecule has 0 radical (unpaired) electrons. The van der Waals surface area contributed by atoms with E-state index in [4.69, 9.17) is 9.73 Å². The lowest BCUT2D eigenvalue weighted by molar-refractivity contribution is -0.116. The van der Waals surface area contributed by atoms with Crippen molar-refractivity contribution < 1.29 is 9.53 Å². The Balaban J connectivity index is 1.95. The van der Waals surface area contributed by atoms with Gasteiger partial charge in [-0.3, -0.25) is 15.1 Å². The Morgan fingerprint density at radius 3 is 2.69 bits per heavy atom. The van der Waals surface area contributed by atoms with Gasteiger partial charge in [-0.05, 0) is 42.2 Å².